The first-order chi connectivity index (χ1) is 17.7. The van der Waals surface area contributed by atoms with Crippen molar-refractivity contribution in [2.75, 3.05) is 6.61 Å². The monoisotopic (exact) mass is 500 g/mol. The molecule has 2 unspecified atom stereocenters. The zero-order chi connectivity index (χ0) is 26.3. The van der Waals surface area contributed by atoms with Crippen LogP contribution in [-0.2, 0) is 4.74 Å². The van der Waals surface area contributed by atoms with Crippen LogP contribution in [0.25, 0.3) is 21.9 Å². The summed E-state index contributed by atoms with van der Waals surface area (Å²) in [5, 5.41) is 0.619. The van der Waals surface area contributed by atoms with Gasteiger partial charge in [0.25, 0.3) is 0 Å². The molecule has 190 valence electrons. The number of benzene rings is 4. The van der Waals surface area contributed by atoms with Crippen LogP contribution in [0.5, 0.6) is 5.75 Å². The number of halogens is 2. The molecular weight excluding hydrogens is 470 g/mol. The van der Waals surface area contributed by atoms with E-state index >= 15 is 0 Å². The van der Waals surface area contributed by atoms with Crippen LogP contribution >= 0.6 is 0 Å². The summed E-state index contributed by atoms with van der Waals surface area (Å²) in [6.45, 7) is 8.62. The van der Waals surface area contributed by atoms with Crippen LogP contribution in [0.4, 0.5) is 8.78 Å². The van der Waals surface area contributed by atoms with E-state index in [1.54, 1.807) is 12.1 Å². The van der Waals surface area contributed by atoms with E-state index in [0.29, 0.717) is 16.9 Å². The smallest absolute Gasteiger partial charge is 0.343 e. The molecule has 1 fully saturated rings. The highest BCUT2D eigenvalue weighted by Gasteiger charge is 2.22. The number of aryl methyl sites for hydroxylation is 2. The zero-order valence-electron chi connectivity index (χ0n) is 21.5. The Morgan fingerprint density at radius 1 is 0.919 bits per heavy atom. The first-order valence-electron chi connectivity index (χ1n) is 12.6. The minimum atomic E-state index is -0.636. The van der Waals surface area contributed by atoms with Crippen LogP contribution in [0.1, 0.15) is 58.5 Å². The number of hydrogen-bond donors (Lipinski definition) is 0. The van der Waals surface area contributed by atoms with Crippen molar-refractivity contribution in [1.82, 2.24) is 0 Å². The molecule has 37 heavy (non-hydrogen) atoms. The highest BCUT2D eigenvalue weighted by molar-refractivity contribution is 5.93. The maximum Gasteiger partial charge on any atom is 0.343 e. The summed E-state index contributed by atoms with van der Waals surface area (Å²) in [6, 6.07) is 17.4. The van der Waals surface area contributed by atoms with Crippen molar-refractivity contribution < 1.29 is 23.0 Å². The summed E-state index contributed by atoms with van der Waals surface area (Å²) in [4.78, 5) is 12.8. The van der Waals surface area contributed by atoms with E-state index in [1.165, 1.54) is 54.3 Å². The Kier molecular flexibility index (Phi) is 6.82. The number of carbonyl (C=O) groups is 1. The molecule has 4 aromatic carbocycles. The molecule has 5 rings (SSSR count). The molecule has 0 aliphatic carbocycles. The van der Waals surface area contributed by atoms with E-state index in [2.05, 4.69) is 32.9 Å². The molecule has 1 saturated heterocycles. The van der Waals surface area contributed by atoms with E-state index < -0.39 is 17.6 Å². The van der Waals surface area contributed by atoms with Gasteiger partial charge in [0, 0.05) is 17.6 Å². The lowest BCUT2D eigenvalue weighted by Crippen LogP contribution is -2.18. The second-order valence-corrected chi connectivity index (χ2v) is 10.2. The maximum atomic E-state index is 14.3. The lowest BCUT2D eigenvalue weighted by atomic mass is 9.89. The normalized spacial score (nSPS) is 17.7. The fourth-order valence-electron chi connectivity index (χ4n) is 5.20. The molecule has 0 bridgehead atoms. The Bertz CT molecular complexity index is 1460. The summed E-state index contributed by atoms with van der Waals surface area (Å²) in [7, 11) is 0. The van der Waals surface area contributed by atoms with E-state index in [0.717, 1.165) is 24.2 Å². The summed E-state index contributed by atoms with van der Waals surface area (Å²) in [6.07, 6.45) is 2.36. The van der Waals surface area contributed by atoms with E-state index in [4.69, 9.17) is 9.47 Å². The van der Waals surface area contributed by atoms with Crippen molar-refractivity contribution in [2.45, 2.75) is 46.6 Å². The van der Waals surface area contributed by atoms with Gasteiger partial charge in [-0.2, -0.15) is 0 Å². The first-order valence-corrected chi connectivity index (χ1v) is 12.6. The average Bonchev–Trinajstić information content (AvgIpc) is 2.87. The van der Waals surface area contributed by atoms with E-state index in [1.807, 2.05) is 12.1 Å². The van der Waals surface area contributed by atoms with Crippen LogP contribution < -0.4 is 4.74 Å². The predicted molar refractivity (Wildman–Crippen MR) is 142 cm³/mol. The molecular formula is C32H30F2O3. The Balaban J connectivity index is 1.34. The zero-order valence-corrected chi connectivity index (χ0v) is 21.5. The molecule has 0 aromatic heterocycles. The van der Waals surface area contributed by atoms with Crippen molar-refractivity contribution in [1.29, 1.82) is 0 Å². The number of carbonyl (C=O) groups excluding carboxylic acids is 1. The second-order valence-electron chi connectivity index (χ2n) is 10.2. The second kappa shape index (κ2) is 10.1. The standard InChI is InChI=1S/C32H30F2O3/c1-18-5-12-29(36-17-18)25-13-19(2)30(20(3)14-25)22-6-8-23(9-7-22)32(35)37-26-10-11-27-24(15-26)16-28(33)21(4)31(27)34/h6-11,13-16,18,29H,5,12,17H2,1-4H3. The van der Waals surface area contributed by atoms with E-state index in [-0.39, 0.29) is 22.8 Å². The summed E-state index contributed by atoms with van der Waals surface area (Å²) in [5.41, 5.74) is 6.06. The third kappa shape index (κ3) is 5.01. The fourth-order valence-corrected chi connectivity index (χ4v) is 5.20. The maximum absolute atomic E-state index is 14.3. The highest BCUT2D eigenvalue weighted by atomic mass is 19.1. The number of fused-ring (bicyclic) bond motifs is 1. The predicted octanol–water partition coefficient (Wildman–Crippen LogP) is 8.42. The third-order valence-corrected chi connectivity index (χ3v) is 7.28. The minimum absolute atomic E-state index is 0.0330. The number of ether oxygens (including phenoxy) is 2. The summed E-state index contributed by atoms with van der Waals surface area (Å²) >= 11 is 0. The van der Waals surface area contributed by atoms with Crippen LogP contribution in [0, 0.1) is 38.3 Å². The molecule has 0 radical (unpaired) electrons. The van der Waals surface area contributed by atoms with Gasteiger partial charge in [0.15, 0.2) is 0 Å². The highest BCUT2D eigenvalue weighted by Crippen LogP contribution is 2.35. The van der Waals surface area contributed by atoms with Gasteiger partial charge < -0.3 is 9.47 Å². The van der Waals surface area contributed by atoms with Gasteiger partial charge in [0.2, 0.25) is 0 Å². The van der Waals surface area contributed by atoms with Gasteiger partial charge in [0.1, 0.15) is 17.4 Å². The Morgan fingerprint density at radius 3 is 2.27 bits per heavy atom. The van der Waals surface area contributed by atoms with Gasteiger partial charge >= 0.3 is 5.97 Å². The van der Waals surface area contributed by atoms with E-state index in [9.17, 15) is 13.6 Å². The Labute approximate surface area is 216 Å². The minimum Gasteiger partial charge on any atom is -0.423 e. The van der Waals surface area contributed by atoms with Crippen molar-refractivity contribution >= 4 is 16.7 Å². The van der Waals surface area contributed by atoms with Crippen molar-refractivity contribution in [3.8, 4) is 16.9 Å². The molecule has 0 saturated carbocycles. The summed E-state index contributed by atoms with van der Waals surface area (Å²) in [5.74, 6) is -0.942. The lowest BCUT2D eigenvalue weighted by molar-refractivity contribution is -0.0124. The molecule has 0 amide bonds. The Morgan fingerprint density at radius 2 is 1.62 bits per heavy atom. The number of esters is 1. The molecule has 5 heteroatoms. The number of hydrogen-bond acceptors (Lipinski definition) is 3. The van der Waals surface area contributed by atoms with Gasteiger partial charge in [-0.25, -0.2) is 13.6 Å². The topological polar surface area (TPSA) is 35.5 Å². The molecule has 0 N–H and O–H groups in total. The summed E-state index contributed by atoms with van der Waals surface area (Å²) < 4.78 is 39.9. The lowest BCUT2D eigenvalue weighted by Gasteiger charge is -2.28. The van der Waals surface area contributed by atoms with Crippen molar-refractivity contribution in [3.63, 3.8) is 0 Å². The van der Waals surface area contributed by atoms with Crippen molar-refractivity contribution in [3.05, 3.63) is 100 Å². The molecule has 1 aliphatic heterocycles. The quantitative estimate of drug-likeness (QED) is 0.208. The molecule has 3 nitrogen and oxygen atoms in total. The molecule has 1 aliphatic rings. The largest absolute Gasteiger partial charge is 0.423 e. The van der Waals surface area contributed by atoms with Crippen LogP contribution in [0.15, 0.2) is 60.7 Å². The van der Waals surface area contributed by atoms with Crippen LogP contribution in [0.3, 0.4) is 0 Å². The van der Waals surface area contributed by atoms with Crippen LogP contribution in [-0.4, -0.2) is 12.6 Å². The Hall–Kier alpha value is -3.57. The van der Waals surface area contributed by atoms with Gasteiger partial charge in [0.05, 0.1) is 11.7 Å². The average molecular weight is 501 g/mol. The van der Waals surface area contributed by atoms with Gasteiger partial charge in [-0.05, 0) is 109 Å². The SMILES string of the molecule is Cc1cc(C2CCC(C)CO2)cc(C)c1-c1ccc(C(=O)Oc2ccc3c(F)c(C)c(F)cc3c2)cc1. The number of rotatable bonds is 4. The molecule has 1 heterocycles. The molecule has 0 spiro atoms. The fraction of sp³-hybridized carbons (Fsp3) is 0.281. The molecule has 2 atom stereocenters. The first kappa shape index (κ1) is 25.1. The molecule has 4 aromatic rings. The van der Waals surface area contributed by atoms with Crippen molar-refractivity contribution in [2.24, 2.45) is 5.92 Å². The van der Waals surface area contributed by atoms with Gasteiger partial charge in [-0.15, -0.1) is 0 Å². The van der Waals surface area contributed by atoms with Gasteiger partial charge in [-0.1, -0.05) is 31.2 Å². The van der Waals surface area contributed by atoms with Gasteiger partial charge in [-0.3, -0.25) is 0 Å². The third-order valence-electron chi connectivity index (χ3n) is 7.28. The van der Waals surface area contributed by atoms with Crippen LogP contribution in [0.2, 0.25) is 0 Å².